The van der Waals surface area contributed by atoms with Gasteiger partial charge < -0.3 is 5.32 Å². The Bertz CT molecular complexity index is 911. The normalized spacial score (nSPS) is 12.2. The van der Waals surface area contributed by atoms with Gasteiger partial charge in [-0.25, -0.2) is 0 Å². The maximum Gasteiger partial charge on any atom is 0.251 e. The molecule has 4 nitrogen and oxygen atoms in total. The van der Waals surface area contributed by atoms with Gasteiger partial charge in [-0.05, 0) is 55.5 Å². The van der Waals surface area contributed by atoms with Crippen molar-refractivity contribution >= 4 is 5.91 Å². The van der Waals surface area contributed by atoms with Gasteiger partial charge in [0.15, 0.2) is 0 Å². The highest BCUT2D eigenvalue weighted by Crippen LogP contribution is 2.22. The minimum absolute atomic E-state index is 0.0167. The van der Waals surface area contributed by atoms with E-state index in [0.717, 1.165) is 28.9 Å². The number of hydrogen-bond donors (Lipinski definition) is 1. The molecule has 1 aromatic heterocycles. The Morgan fingerprint density at radius 3 is 2.29 bits per heavy atom. The molecule has 0 saturated carbocycles. The van der Waals surface area contributed by atoms with Gasteiger partial charge in [0.1, 0.15) is 0 Å². The number of amides is 1. The summed E-state index contributed by atoms with van der Waals surface area (Å²) in [6.45, 7) is 9.12. The van der Waals surface area contributed by atoms with Gasteiger partial charge in [-0.3, -0.25) is 9.48 Å². The predicted octanol–water partition coefficient (Wildman–Crippen LogP) is 5.07. The third-order valence-electron chi connectivity index (χ3n) is 4.87. The number of nitrogens with one attached hydrogen (secondary N) is 1. The van der Waals surface area contributed by atoms with Crippen LogP contribution < -0.4 is 5.32 Å². The summed E-state index contributed by atoms with van der Waals surface area (Å²) < 4.78 is 1.98. The maximum atomic E-state index is 12.8. The van der Waals surface area contributed by atoms with E-state index in [1.54, 1.807) is 0 Å². The smallest absolute Gasteiger partial charge is 0.251 e. The highest BCUT2D eigenvalue weighted by molar-refractivity contribution is 5.94. The Labute approximate surface area is 167 Å². The number of rotatable bonds is 7. The largest absolute Gasteiger partial charge is 0.345 e. The number of carbonyl (C=O) groups is 1. The Balaban J connectivity index is 1.70. The number of aromatic nitrogens is 2. The molecule has 0 aliphatic carbocycles. The summed E-state index contributed by atoms with van der Waals surface area (Å²) in [7, 11) is 0. The van der Waals surface area contributed by atoms with Crippen LogP contribution in [0.25, 0.3) is 0 Å². The lowest BCUT2D eigenvalue weighted by Gasteiger charge is -2.21. The molecule has 1 atom stereocenters. The molecule has 0 bridgehead atoms. The second-order valence-electron chi connectivity index (χ2n) is 7.85. The van der Waals surface area contributed by atoms with Crippen LogP contribution in [0.15, 0.2) is 60.7 Å². The summed E-state index contributed by atoms with van der Waals surface area (Å²) in [6, 6.07) is 20.1. The summed E-state index contributed by atoms with van der Waals surface area (Å²) in [6.07, 6.45) is 0.908. The zero-order valence-corrected chi connectivity index (χ0v) is 17.1. The van der Waals surface area contributed by atoms with Gasteiger partial charge >= 0.3 is 0 Å². The van der Waals surface area contributed by atoms with Crippen molar-refractivity contribution in [1.29, 1.82) is 0 Å². The van der Waals surface area contributed by atoms with E-state index < -0.39 is 0 Å². The van der Waals surface area contributed by atoms with Crippen LogP contribution in [0.3, 0.4) is 0 Å². The summed E-state index contributed by atoms with van der Waals surface area (Å²) in [4.78, 5) is 12.8. The fourth-order valence-electron chi connectivity index (χ4n) is 3.45. The van der Waals surface area contributed by atoms with Crippen molar-refractivity contribution in [3.05, 3.63) is 88.7 Å². The van der Waals surface area contributed by atoms with E-state index in [1.807, 2.05) is 54.1 Å². The molecule has 0 radical (unpaired) electrons. The molecule has 146 valence electrons. The Kier molecular flexibility index (Phi) is 6.30. The fourth-order valence-corrected chi connectivity index (χ4v) is 3.45. The Hall–Kier alpha value is -2.88. The minimum Gasteiger partial charge on any atom is -0.345 e. The van der Waals surface area contributed by atoms with Gasteiger partial charge in [-0.15, -0.1) is 0 Å². The molecule has 0 aliphatic heterocycles. The molecule has 0 spiro atoms. The second kappa shape index (κ2) is 8.87. The van der Waals surface area contributed by atoms with Gasteiger partial charge in [0, 0.05) is 11.3 Å². The highest BCUT2D eigenvalue weighted by Gasteiger charge is 2.17. The SMILES string of the molecule is Cc1cc(C)n(Cc2ccc(C(=O)NC(CC(C)C)c3ccccc3)cc2)n1. The molecule has 1 N–H and O–H groups in total. The van der Waals surface area contributed by atoms with E-state index in [0.29, 0.717) is 18.0 Å². The quantitative estimate of drug-likeness (QED) is 0.627. The average molecular weight is 376 g/mol. The number of benzene rings is 2. The van der Waals surface area contributed by atoms with Crippen molar-refractivity contribution in [1.82, 2.24) is 15.1 Å². The molecular formula is C24H29N3O. The molecule has 2 aromatic carbocycles. The van der Waals surface area contributed by atoms with E-state index in [2.05, 4.69) is 49.4 Å². The molecule has 1 amide bonds. The van der Waals surface area contributed by atoms with Gasteiger partial charge in [0.2, 0.25) is 0 Å². The Morgan fingerprint density at radius 2 is 1.71 bits per heavy atom. The van der Waals surface area contributed by atoms with E-state index >= 15 is 0 Å². The molecule has 4 heteroatoms. The van der Waals surface area contributed by atoms with Crippen molar-refractivity contribution < 1.29 is 4.79 Å². The standard InChI is InChI=1S/C24H29N3O/c1-17(2)14-23(21-8-6-5-7-9-21)25-24(28)22-12-10-20(11-13-22)16-27-19(4)15-18(3)26-27/h5-13,15,17,23H,14,16H2,1-4H3,(H,25,28). The van der Waals surface area contributed by atoms with Crippen molar-refractivity contribution in [3.8, 4) is 0 Å². The summed E-state index contributed by atoms with van der Waals surface area (Å²) in [5.74, 6) is 0.459. The van der Waals surface area contributed by atoms with Crippen LogP contribution in [0.4, 0.5) is 0 Å². The number of aryl methyl sites for hydroxylation is 2. The van der Waals surface area contributed by atoms with Crippen molar-refractivity contribution in [2.45, 2.75) is 46.7 Å². The van der Waals surface area contributed by atoms with Crippen LogP contribution in [0, 0.1) is 19.8 Å². The van der Waals surface area contributed by atoms with Gasteiger partial charge in [0.25, 0.3) is 5.91 Å². The lowest BCUT2D eigenvalue weighted by Crippen LogP contribution is -2.29. The topological polar surface area (TPSA) is 46.9 Å². The van der Waals surface area contributed by atoms with Crippen LogP contribution >= 0.6 is 0 Å². The fraction of sp³-hybridized carbons (Fsp3) is 0.333. The summed E-state index contributed by atoms with van der Waals surface area (Å²) in [5.41, 5.74) is 5.11. The van der Waals surface area contributed by atoms with Crippen LogP contribution in [0.2, 0.25) is 0 Å². The molecule has 0 fully saturated rings. The van der Waals surface area contributed by atoms with Crippen LogP contribution in [0.5, 0.6) is 0 Å². The molecule has 3 rings (SSSR count). The van der Waals surface area contributed by atoms with Gasteiger partial charge in [-0.2, -0.15) is 5.10 Å². The summed E-state index contributed by atoms with van der Waals surface area (Å²) >= 11 is 0. The van der Waals surface area contributed by atoms with E-state index in [9.17, 15) is 4.79 Å². The zero-order chi connectivity index (χ0) is 20.1. The van der Waals surface area contributed by atoms with Crippen LogP contribution in [-0.4, -0.2) is 15.7 Å². The maximum absolute atomic E-state index is 12.8. The molecule has 1 heterocycles. The predicted molar refractivity (Wildman–Crippen MR) is 113 cm³/mol. The third-order valence-corrected chi connectivity index (χ3v) is 4.87. The van der Waals surface area contributed by atoms with Gasteiger partial charge in [-0.1, -0.05) is 56.3 Å². The monoisotopic (exact) mass is 375 g/mol. The van der Waals surface area contributed by atoms with Crippen LogP contribution in [-0.2, 0) is 6.54 Å². The third kappa shape index (κ3) is 5.10. The highest BCUT2D eigenvalue weighted by atomic mass is 16.1. The first-order valence-corrected chi connectivity index (χ1v) is 9.88. The molecule has 3 aromatic rings. The number of carbonyl (C=O) groups excluding carboxylic acids is 1. The van der Waals surface area contributed by atoms with E-state index in [1.165, 1.54) is 0 Å². The lowest BCUT2D eigenvalue weighted by atomic mass is 9.96. The van der Waals surface area contributed by atoms with Gasteiger partial charge in [0.05, 0.1) is 18.3 Å². The zero-order valence-electron chi connectivity index (χ0n) is 17.1. The van der Waals surface area contributed by atoms with E-state index in [-0.39, 0.29) is 11.9 Å². The second-order valence-corrected chi connectivity index (χ2v) is 7.85. The average Bonchev–Trinajstić information content (AvgIpc) is 2.99. The van der Waals surface area contributed by atoms with E-state index in [4.69, 9.17) is 0 Å². The Morgan fingerprint density at radius 1 is 1.04 bits per heavy atom. The molecule has 28 heavy (non-hydrogen) atoms. The minimum atomic E-state index is -0.0350. The molecular weight excluding hydrogens is 346 g/mol. The van der Waals surface area contributed by atoms with Crippen molar-refractivity contribution in [3.63, 3.8) is 0 Å². The van der Waals surface area contributed by atoms with Crippen LogP contribution in [0.1, 0.15) is 59.2 Å². The number of nitrogens with zero attached hydrogens (tertiary/aromatic N) is 2. The first-order valence-electron chi connectivity index (χ1n) is 9.88. The lowest BCUT2D eigenvalue weighted by molar-refractivity contribution is 0.0932. The number of hydrogen-bond acceptors (Lipinski definition) is 2. The summed E-state index contributed by atoms with van der Waals surface area (Å²) in [5, 5.41) is 7.71. The van der Waals surface area contributed by atoms with Crippen molar-refractivity contribution in [2.24, 2.45) is 5.92 Å². The molecule has 0 aliphatic rings. The van der Waals surface area contributed by atoms with Crippen molar-refractivity contribution in [2.75, 3.05) is 0 Å². The first kappa shape index (κ1) is 19.9. The molecule has 1 unspecified atom stereocenters. The first-order chi connectivity index (χ1) is 13.4. The molecule has 0 saturated heterocycles.